The van der Waals surface area contributed by atoms with E-state index in [1.54, 1.807) is 0 Å². The van der Waals surface area contributed by atoms with Crippen molar-refractivity contribution in [1.82, 2.24) is 0 Å². The van der Waals surface area contributed by atoms with Crippen molar-refractivity contribution in [2.24, 2.45) is 0 Å². The molecule has 0 radical (unpaired) electrons. The molecule has 0 unspecified atom stereocenters. The molecule has 194 valence electrons. The first-order valence-electron chi connectivity index (χ1n) is 13.9. The molecule has 0 saturated carbocycles. The summed E-state index contributed by atoms with van der Waals surface area (Å²) in [4.78, 5) is 0. The maximum absolute atomic E-state index is 10.8. The lowest BCUT2D eigenvalue weighted by atomic mass is 10.0. The molecule has 3 heteroatoms. The van der Waals surface area contributed by atoms with Gasteiger partial charge < -0.3 is 14.6 Å². The average Bonchev–Trinajstić information content (AvgIpc) is 2.89. The molecule has 0 fully saturated rings. The molecule has 35 heavy (non-hydrogen) atoms. The highest BCUT2D eigenvalue weighted by atomic mass is 16.5. The highest BCUT2D eigenvalue weighted by Crippen LogP contribution is 2.14. The third-order valence-electron chi connectivity index (χ3n) is 6.36. The smallest absolute Gasteiger partial charge is 0.107 e. The van der Waals surface area contributed by atoms with Crippen molar-refractivity contribution in [2.75, 3.05) is 6.61 Å². The van der Waals surface area contributed by atoms with Gasteiger partial charge in [-0.1, -0.05) is 144 Å². The van der Waals surface area contributed by atoms with Gasteiger partial charge in [-0.15, -0.1) is 0 Å². The molecule has 3 nitrogen and oxygen atoms in total. The van der Waals surface area contributed by atoms with E-state index in [0.29, 0.717) is 13.2 Å². The normalized spacial score (nSPS) is 13.3. The van der Waals surface area contributed by atoms with E-state index < -0.39 is 6.10 Å². The quantitative estimate of drug-likeness (QED) is 0.144. The second kappa shape index (κ2) is 20.3. The molecule has 0 aliphatic heterocycles. The summed E-state index contributed by atoms with van der Waals surface area (Å²) in [6.07, 6.45) is 19.0. The first-order valence-corrected chi connectivity index (χ1v) is 13.9. The molecule has 0 aliphatic rings. The Kier molecular flexibility index (Phi) is 17.0. The largest absolute Gasteiger partial charge is 0.388 e. The van der Waals surface area contributed by atoms with Crippen LogP contribution in [0.4, 0.5) is 0 Å². The summed E-state index contributed by atoms with van der Waals surface area (Å²) in [5, 5.41) is 10.8. The molecule has 0 amide bonds. The van der Waals surface area contributed by atoms with Crippen LogP contribution >= 0.6 is 0 Å². The van der Waals surface area contributed by atoms with Gasteiger partial charge in [-0.2, -0.15) is 0 Å². The van der Waals surface area contributed by atoms with Gasteiger partial charge in [0.2, 0.25) is 0 Å². The fourth-order valence-corrected chi connectivity index (χ4v) is 4.18. The first kappa shape index (κ1) is 29.3. The van der Waals surface area contributed by atoms with E-state index in [-0.39, 0.29) is 12.7 Å². The van der Waals surface area contributed by atoms with Crippen molar-refractivity contribution < 1.29 is 14.6 Å². The topological polar surface area (TPSA) is 38.7 Å². The van der Waals surface area contributed by atoms with Gasteiger partial charge in [0.25, 0.3) is 0 Å². The summed E-state index contributed by atoms with van der Waals surface area (Å²) in [6, 6.07) is 20.2. The van der Waals surface area contributed by atoms with Crippen LogP contribution < -0.4 is 0 Å². The molecule has 0 aliphatic carbocycles. The van der Waals surface area contributed by atoms with Crippen LogP contribution in [0.2, 0.25) is 0 Å². The minimum absolute atomic E-state index is 0.247. The Bertz CT molecular complexity index is 744. The summed E-state index contributed by atoms with van der Waals surface area (Å²) >= 11 is 0. The third kappa shape index (κ3) is 14.9. The minimum atomic E-state index is -0.698. The highest BCUT2D eigenvalue weighted by Gasteiger charge is 2.17. The van der Waals surface area contributed by atoms with Crippen LogP contribution in [-0.2, 0) is 22.7 Å². The monoisotopic (exact) mass is 480 g/mol. The van der Waals surface area contributed by atoms with Crippen molar-refractivity contribution in [1.29, 1.82) is 0 Å². The fraction of sp³-hybridized carbons (Fsp3) is 0.562. The molecular weight excluding hydrogens is 432 g/mol. The van der Waals surface area contributed by atoms with Crippen LogP contribution in [0.5, 0.6) is 0 Å². The zero-order valence-corrected chi connectivity index (χ0v) is 22.0. The fourth-order valence-electron chi connectivity index (χ4n) is 4.18. The van der Waals surface area contributed by atoms with E-state index in [4.69, 9.17) is 9.47 Å². The highest BCUT2D eigenvalue weighted by molar-refractivity contribution is 5.14. The Hall–Kier alpha value is -1.94. The van der Waals surface area contributed by atoms with Crippen molar-refractivity contribution >= 4 is 0 Å². The lowest BCUT2D eigenvalue weighted by Gasteiger charge is -2.21. The van der Waals surface area contributed by atoms with Crippen molar-refractivity contribution in [3.05, 3.63) is 83.9 Å². The number of allylic oxidation sites excluding steroid dienone is 1. The zero-order chi connectivity index (χ0) is 24.8. The van der Waals surface area contributed by atoms with E-state index in [2.05, 4.69) is 13.0 Å². The number of hydrogen-bond donors (Lipinski definition) is 1. The lowest BCUT2D eigenvalue weighted by molar-refractivity contribution is -0.0602. The Balaban J connectivity index is 1.65. The molecular formula is C32H48O3. The van der Waals surface area contributed by atoms with Crippen LogP contribution in [0.25, 0.3) is 0 Å². The molecule has 2 atom stereocenters. The Morgan fingerprint density at radius 1 is 0.686 bits per heavy atom. The maximum atomic E-state index is 10.8. The number of hydrogen-bond acceptors (Lipinski definition) is 3. The standard InChI is InChI=1S/C32H48O3/c1-2-3-4-5-6-7-8-9-10-11-12-13-20-25-32(35-27-30-23-18-15-19-24-30)31(33)28-34-26-29-21-16-14-17-22-29/h14-25,31-33H,2-13,26-28H2,1H3/b25-20+/t31-,32-/m1/s1. The van der Waals surface area contributed by atoms with Gasteiger partial charge in [0.05, 0.1) is 19.8 Å². The van der Waals surface area contributed by atoms with Crippen LogP contribution in [0.1, 0.15) is 95.1 Å². The van der Waals surface area contributed by atoms with E-state index in [9.17, 15) is 5.11 Å². The number of aliphatic hydroxyl groups is 1. The van der Waals surface area contributed by atoms with E-state index in [0.717, 1.165) is 17.5 Å². The van der Waals surface area contributed by atoms with Gasteiger partial charge in [-0.25, -0.2) is 0 Å². The summed E-state index contributed by atoms with van der Waals surface area (Å²) in [5.74, 6) is 0. The third-order valence-corrected chi connectivity index (χ3v) is 6.36. The van der Waals surface area contributed by atoms with Crippen LogP contribution in [-0.4, -0.2) is 23.9 Å². The second-order valence-corrected chi connectivity index (χ2v) is 9.58. The van der Waals surface area contributed by atoms with Gasteiger partial charge in [0, 0.05) is 0 Å². The van der Waals surface area contributed by atoms with Crippen LogP contribution in [0.15, 0.2) is 72.8 Å². The Labute approximate surface area is 214 Å². The van der Waals surface area contributed by atoms with Crippen molar-refractivity contribution in [3.8, 4) is 0 Å². The van der Waals surface area contributed by atoms with E-state index in [1.807, 2.05) is 66.7 Å². The van der Waals surface area contributed by atoms with Gasteiger partial charge in [0.15, 0.2) is 0 Å². The van der Waals surface area contributed by atoms with Gasteiger partial charge in [-0.05, 0) is 24.0 Å². The molecule has 1 N–H and O–H groups in total. The molecule has 0 spiro atoms. The predicted octanol–water partition coefficient (Wildman–Crippen LogP) is 8.41. The van der Waals surface area contributed by atoms with Crippen LogP contribution in [0.3, 0.4) is 0 Å². The van der Waals surface area contributed by atoms with E-state index >= 15 is 0 Å². The van der Waals surface area contributed by atoms with Gasteiger partial charge in [0.1, 0.15) is 12.2 Å². The zero-order valence-electron chi connectivity index (χ0n) is 22.0. The summed E-state index contributed by atoms with van der Waals surface area (Å²) in [6.45, 7) is 3.49. The predicted molar refractivity (Wildman–Crippen MR) is 147 cm³/mol. The Morgan fingerprint density at radius 2 is 1.20 bits per heavy atom. The van der Waals surface area contributed by atoms with Crippen LogP contribution in [0, 0.1) is 0 Å². The van der Waals surface area contributed by atoms with Gasteiger partial charge >= 0.3 is 0 Å². The molecule has 0 bridgehead atoms. The van der Waals surface area contributed by atoms with Crippen molar-refractivity contribution in [3.63, 3.8) is 0 Å². The molecule has 2 rings (SSSR count). The number of benzene rings is 2. The number of ether oxygens (including phenoxy) is 2. The molecule has 0 saturated heterocycles. The number of rotatable bonds is 21. The summed E-state index contributed by atoms with van der Waals surface area (Å²) < 4.78 is 11.9. The SMILES string of the molecule is CCCCCCCCCCCCC/C=C/[C@@H](OCc1ccccc1)[C@H](O)COCc1ccccc1. The average molecular weight is 481 g/mol. The minimum Gasteiger partial charge on any atom is -0.388 e. The second-order valence-electron chi connectivity index (χ2n) is 9.58. The summed E-state index contributed by atoms with van der Waals surface area (Å²) in [7, 11) is 0. The molecule has 2 aromatic carbocycles. The Morgan fingerprint density at radius 3 is 1.77 bits per heavy atom. The molecule has 0 aromatic heterocycles. The summed E-state index contributed by atoms with van der Waals surface area (Å²) in [5.41, 5.74) is 2.21. The molecule has 2 aromatic rings. The first-order chi connectivity index (χ1) is 17.3. The lowest BCUT2D eigenvalue weighted by Crippen LogP contribution is -2.31. The van der Waals surface area contributed by atoms with Crippen molar-refractivity contribution in [2.45, 2.75) is 109 Å². The number of unbranched alkanes of at least 4 members (excludes halogenated alkanes) is 11. The maximum Gasteiger partial charge on any atom is 0.107 e. The number of aliphatic hydroxyl groups excluding tert-OH is 1. The molecule has 0 heterocycles. The van der Waals surface area contributed by atoms with E-state index in [1.165, 1.54) is 70.6 Å². The van der Waals surface area contributed by atoms with Gasteiger partial charge in [-0.3, -0.25) is 0 Å².